The van der Waals surface area contributed by atoms with Crippen molar-refractivity contribution in [3.05, 3.63) is 95.6 Å². The third-order valence-electron chi connectivity index (χ3n) is 12.9. The lowest BCUT2D eigenvalue weighted by Crippen LogP contribution is -2.53. The largest absolute Gasteiger partial charge is 0.381 e. The number of carbonyl (C=O) groups is 3. The smallest absolute Gasteiger partial charge is 0.255 e. The Morgan fingerprint density at radius 3 is 2.40 bits per heavy atom. The summed E-state index contributed by atoms with van der Waals surface area (Å²) in [4.78, 5) is 58.8. The van der Waals surface area contributed by atoms with E-state index in [1.165, 1.54) is 0 Å². The molecule has 4 aromatic rings. The minimum absolute atomic E-state index is 0.107. The number of halogens is 1. The van der Waals surface area contributed by atoms with Gasteiger partial charge in [-0.05, 0) is 92.6 Å². The molecule has 15 heteroatoms. The average molecular weight is 833 g/mol. The zero-order valence-electron chi connectivity index (χ0n) is 34.1. The van der Waals surface area contributed by atoms with Crippen LogP contribution in [0.2, 0.25) is 0 Å². The maximum Gasteiger partial charge on any atom is 0.255 e. The molecule has 1 unspecified atom stereocenters. The number of amides is 3. The van der Waals surface area contributed by atoms with E-state index in [1.54, 1.807) is 22.7 Å². The van der Waals surface area contributed by atoms with Gasteiger partial charge in [0.05, 0.1) is 18.1 Å². The van der Waals surface area contributed by atoms with Crippen LogP contribution in [-0.2, 0) is 22.7 Å². The zero-order chi connectivity index (χ0) is 41.4. The highest BCUT2D eigenvalue weighted by Gasteiger charge is 2.39. The Labute approximate surface area is 354 Å². The SMILES string of the molecule is CC1(N)CCN(c2cnc(Sc3cccc(NCc4ccc(N5CCC(N6CCN(c7ccc8c(c7)C(=O)N(C7CCC(=O)NC7=O)C8)CC6)CC5)c(F)c4)c3)cn2)CC1. The number of nitrogens with zero attached hydrogens (tertiary/aromatic N) is 7. The van der Waals surface area contributed by atoms with E-state index in [2.05, 4.69) is 65.3 Å². The molecule has 0 spiro atoms. The quantitative estimate of drug-likeness (QED) is 0.180. The molecule has 0 aliphatic carbocycles. The Morgan fingerprint density at radius 1 is 0.867 bits per heavy atom. The summed E-state index contributed by atoms with van der Waals surface area (Å²) < 4.78 is 15.6. The number of hydrogen-bond donors (Lipinski definition) is 3. The van der Waals surface area contributed by atoms with E-state index in [-0.39, 0.29) is 29.6 Å². The van der Waals surface area contributed by atoms with Crippen molar-refractivity contribution >= 4 is 52.4 Å². The molecule has 6 heterocycles. The first-order valence-electron chi connectivity index (χ1n) is 21.2. The second-order valence-electron chi connectivity index (χ2n) is 17.1. The lowest BCUT2D eigenvalue weighted by Gasteiger charge is -2.44. The second-order valence-corrected chi connectivity index (χ2v) is 18.2. The summed E-state index contributed by atoms with van der Waals surface area (Å²) in [5, 5.41) is 6.66. The van der Waals surface area contributed by atoms with Crippen molar-refractivity contribution in [2.45, 2.75) is 86.1 Å². The summed E-state index contributed by atoms with van der Waals surface area (Å²) in [5.74, 6) is -0.124. The summed E-state index contributed by atoms with van der Waals surface area (Å²) in [6.45, 7) is 9.94. The molecule has 0 saturated carbocycles. The summed E-state index contributed by atoms with van der Waals surface area (Å²) in [6, 6.07) is 19.6. The molecule has 4 N–H and O–H groups in total. The fourth-order valence-electron chi connectivity index (χ4n) is 9.24. The maximum atomic E-state index is 15.6. The van der Waals surface area contributed by atoms with Crippen molar-refractivity contribution in [1.29, 1.82) is 0 Å². The van der Waals surface area contributed by atoms with Gasteiger partial charge in [-0.15, -0.1) is 0 Å². The molecule has 60 heavy (non-hydrogen) atoms. The maximum absolute atomic E-state index is 15.6. The van der Waals surface area contributed by atoms with Crippen molar-refractivity contribution in [3.8, 4) is 0 Å². The molecule has 5 aliphatic rings. The van der Waals surface area contributed by atoms with Crippen LogP contribution in [0.3, 0.4) is 0 Å². The van der Waals surface area contributed by atoms with Crippen LogP contribution in [0.25, 0.3) is 0 Å². The van der Waals surface area contributed by atoms with E-state index in [9.17, 15) is 14.4 Å². The first kappa shape index (κ1) is 40.2. The summed E-state index contributed by atoms with van der Waals surface area (Å²) in [6.07, 6.45) is 8.10. The summed E-state index contributed by atoms with van der Waals surface area (Å²) >= 11 is 1.56. The lowest BCUT2D eigenvalue weighted by atomic mass is 9.91. The predicted molar refractivity (Wildman–Crippen MR) is 232 cm³/mol. The van der Waals surface area contributed by atoms with Crippen LogP contribution in [0.4, 0.5) is 27.3 Å². The second kappa shape index (κ2) is 17.0. The molecule has 3 amide bonds. The number of carbonyl (C=O) groups excluding carboxylic acids is 3. The van der Waals surface area contributed by atoms with E-state index >= 15 is 4.39 Å². The number of rotatable bonds is 10. The Hall–Kier alpha value is -5.25. The molecule has 9 rings (SSSR count). The third kappa shape index (κ3) is 8.79. The molecule has 314 valence electrons. The number of fused-ring (bicyclic) bond motifs is 1. The van der Waals surface area contributed by atoms with E-state index < -0.39 is 11.9 Å². The first-order chi connectivity index (χ1) is 29.0. The van der Waals surface area contributed by atoms with Crippen LogP contribution in [-0.4, -0.2) is 107 Å². The first-order valence-corrected chi connectivity index (χ1v) is 22.0. The van der Waals surface area contributed by atoms with Crippen molar-refractivity contribution in [1.82, 2.24) is 25.1 Å². The van der Waals surface area contributed by atoms with Crippen molar-refractivity contribution in [3.63, 3.8) is 0 Å². The van der Waals surface area contributed by atoms with Gasteiger partial charge in [0.25, 0.3) is 5.91 Å². The van der Waals surface area contributed by atoms with Gasteiger partial charge in [-0.25, -0.2) is 14.4 Å². The van der Waals surface area contributed by atoms with Gasteiger partial charge in [0.1, 0.15) is 22.7 Å². The molecule has 4 fully saturated rings. The van der Waals surface area contributed by atoms with E-state index in [1.807, 2.05) is 48.8 Å². The number of piperidine rings is 3. The monoisotopic (exact) mass is 832 g/mol. The van der Waals surface area contributed by atoms with Crippen LogP contribution in [0.5, 0.6) is 0 Å². The summed E-state index contributed by atoms with van der Waals surface area (Å²) in [7, 11) is 0. The highest BCUT2D eigenvalue weighted by atomic mass is 32.2. The van der Waals surface area contributed by atoms with Gasteiger partial charge in [0, 0.05) is 105 Å². The highest BCUT2D eigenvalue weighted by molar-refractivity contribution is 7.99. The van der Waals surface area contributed by atoms with Crippen molar-refractivity contribution < 1.29 is 18.8 Å². The van der Waals surface area contributed by atoms with Crippen LogP contribution in [0.15, 0.2) is 83.0 Å². The topological polar surface area (TPSA) is 143 Å². The predicted octanol–water partition coefficient (Wildman–Crippen LogP) is 5.25. The zero-order valence-corrected chi connectivity index (χ0v) is 34.9. The number of aromatic nitrogens is 2. The number of hydrogen-bond acceptors (Lipinski definition) is 12. The van der Waals surface area contributed by atoms with Crippen LogP contribution in [0.1, 0.15) is 66.9 Å². The van der Waals surface area contributed by atoms with E-state index in [0.29, 0.717) is 36.8 Å². The van der Waals surface area contributed by atoms with Crippen LogP contribution in [0, 0.1) is 5.82 Å². The minimum atomic E-state index is -0.610. The molecular formula is C45H53FN10O3S. The third-order valence-corrected chi connectivity index (χ3v) is 13.8. The van der Waals surface area contributed by atoms with Gasteiger partial charge >= 0.3 is 0 Å². The molecule has 4 saturated heterocycles. The molecule has 3 aromatic carbocycles. The van der Waals surface area contributed by atoms with Crippen molar-refractivity contribution in [2.75, 3.05) is 72.4 Å². The molecule has 13 nitrogen and oxygen atoms in total. The van der Waals surface area contributed by atoms with Gasteiger partial charge in [-0.1, -0.05) is 30.0 Å². The van der Waals surface area contributed by atoms with Crippen molar-refractivity contribution in [2.24, 2.45) is 5.73 Å². The number of anilines is 4. The number of nitrogens with two attached hydrogens (primary N) is 1. The number of imide groups is 1. The molecule has 1 aromatic heterocycles. The van der Waals surface area contributed by atoms with Gasteiger partial charge in [0.15, 0.2) is 0 Å². The van der Waals surface area contributed by atoms with Gasteiger partial charge in [-0.2, -0.15) is 0 Å². The van der Waals surface area contributed by atoms with E-state index in [4.69, 9.17) is 5.73 Å². The number of piperazine rings is 1. The molecule has 1 atom stereocenters. The van der Waals surface area contributed by atoms with Gasteiger partial charge in [0.2, 0.25) is 11.8 Å². The molecule has 0 radical (unpaired) electrons. The fourth-order valence-corrected chi connectivity index (χ4v) is 10.0. The van der Waals surface area contributed by atoms with Crippen LogP contribution < -0.4 is 31.1 Å². The Morgan fingerprint density at radius 2 is 1.67 bits per heavy atom. The fraction of sp³-hybridized carbons (Fsp3) is 0.444. The normalized spacial score (nSPS) is 21.3. The minimum Gasteiger partial charge on any atom is -0.381 e. The standard InChI is InChI=1S/C45H53FN10O3S/c1-45(47)13-17-55(18-14-45)40-27-50-42(28-49-40)60-35-4-2-3-32(24-35)48-26-30-5-8-38(37(46)23-30)54-15-11-33(12-16-54)52-19-21-53(22-20-52)34-7-6-31-29-56(44(59)36(31)25-34)39-9-10-41(57)51-43(39)58/h2-8,23-25,27-28,33,39,48H,9-22,26,29,47H2,1H3,(H,51,57,58). The lowest BCUT2D eigenvalue weighted by molar-refractivity contribution is -0.136. The van der Waals surface area contributed by atoms with E-state index in [0.717, 1.165) is 116 Å². The molecule has 5 aliphatic heterocycles. The summed E-state index contributed by atoms with van der Waals surface area (Å²) in [5.41, 5.74) is 11.3. The Kier molecular flexibility index (Phi) is 11.4. The van der Waals surface area contributed by atoms with Gasteiger partial charge in [-0.3, -0.25) is 24.6 Å². The average Bonchev–Trinajstić information content (AvgIpc) is 3.58. The molecular weight excluding hydrogens is 780 g/mol. The Balaban J connectivity index is 0.724. The number of nitrogens with one attached hydrogen (secondary N) is 2. The van der Waals surface area contributed by atoms with Crippen LogP contribution >= 0.6 is 11.8 Å². The Bertz CT molecular complexity index is 2230. The highest BCUT2D eigenvalue weighted by Crippen LogP contribution is 2.33. The molecule has 0 bridgehead atoms. The number of benzene rings is 3. The van der Waals surface area contributed by atoms with Gasteiger partial charge < -0.3 is 30.7 Å².